The van der Waals surface area contributed by atoms with Gasteiger partial charge < -0.3 is 20.3 Å². The molecule has 0 aromatic rings. The second kappa shape index (κ2) is 47.4. The van der Waals surface area contributed by atoms with Crippen LogP contribution in [0.3, 0.4) is 0 Å². The number of aliphatic hydroxyl groups is 2. The Morgan fingerprint density at radius 1 is 0.500 bits per heavy atom. The minimum atomic E-state index is -0.801. The summed E-state index contributed by atoms with van der Waals surface area (Å²) < 4.78 is 5.90. The summed E-state index contributed by atoms with van der Waals surface area (Å²) in [6, 6.07) is -0.717. The number of carbonyl (C=O) groups is 2. The molecule has 0 aromatic heterocycles. The zero-order valence-electron chi connectivity index (χ0n) is 39.3. The standard InChI is InChI=1S/C54H95NO5/c1-4-7-10-13-16-19-22-25-27-29-32-35-38-41-44-47-54(59)60-50(45-42-39-36-33-30-28-26-23-20-17-14-11-8-5-2)48-53(58)55-51(49-56)52(57)46-43-40-37-34-31-24-21-18-15-12-9-6-3/h7,10,13,16,19,22,25,27-30,32,50-52,56-57H,4-6,8-9,11-12,14-15,17-18,20-21,23-24,26,31,33-49H2,1-3H3,(H,55,58)/b10-7+,16-13+,22-19-,27-25-,30-28+,32-29+. The van der Waals surface area contributed by atoms with E-state index in [1.807, 2.05) is 42.5 Å². The third kappa shape index (κ3) is 42.0. The van der Waals surface area contributed by atoms with Crippen molar-refractivity contribution in [1.82, 2.24) is 5.32 Å². The number of unbranched alkanes of at least 4 members (excludes halogenated alkanes) is 24. The number of amides is 1. The molecule has 0 fully saturated rings. The first-order chi connectivity index (χ1) is 29.5. The monoisotopic (exact) mass is 838 g/mol. The number of hydrogen-bond donors (Lipinski definition) is 3. The van der Waals surface area contributed by atoms with Crippen LogP contribution in [0, 0.1) is 0 Å². The first kappa shape index (κ1) is 57.3. The number of nitrogens with one attached hydrogen (secondary N) is 1. The number of hydrogen-bond acceptors (Lipinski definition) is 5. The lowest BCUT2D eigenvalue weighted by Gasteiger charge is -2.24. The van der Waals surface area contributed by atoms with E-state index in [9.17, 15) is 19.8 Å². The molecule has 0 radical (unpaired) electrons. The van der Waals surface area contributed by atoms with E-state index in [-0.39, 0.29) is 24.9 Å². The first-order valence-electron chi connectivity index (χ1n) is 25.2. The highest BCUT2D eigenvalue weighted by atomic mass is 16.5. The average molecular weight is 838 g/mol. The minimum absolute atomic E-state index is 0.0472. The lowest BCUT2D eigenvalue weighted by atomic mass is 10.0. The van der Waals surface area contributed by atoms with Gasteiger partial charge in [0.1, 0.15) is 6.10 Å². The van der Waals surface area contributed by atoms with Crippen LogP contribution in [0.1, 0.15) is 233 Å². The van der Waals surface area contributed by atoms with Crippen LogP contribution in [0.4, 0.5) is 0 Å². The molecular formula is C54H95NO5. The van der Waals surface area contributed by atoms with E-state index in [1.165, 1.54) is 103 Å². The van der Waals surface area contributed by atoms with E-state index in [4.69, 9.17) is 4.74 Å². The fraction of sp³-hybridized carbons (Fsp3) is 0.741. The Labute approximate surface area is 371 Å². The van der Waals surface area contributed by atoms with E-state index in [0.29, 0.717) is 19.3 Å². The zero-order chi connectivity index (χ0) is 43.8. The molecule has 0 aliphatic carbocycles. The third-order valence-corrected chi connectivity index (χ3v) is 11.1. The second-order valence-electron chi connectivity index (χ2n) is 17.0. The van der Waals surface area contributed by atoms with Crippen LogP contribution in [0.5, 0.6) is 0 Å². The van der Waals surface area contributed by atoms with Crippen LogP contribution in [-0.2, 0) is 14.3 Å². The molecule has 0 bridgehead atoms. The molecular weight excluding hydrogens is 743 g/mol. The Kier molecular flexibility index (Phi) is 45.2. The van der Waals surface area contributed by atoms with Crippen molar-refractivity contribution in [3.8, 4) is 0 Å². The highest BCUT2D eigenvalue weighted by Crippen LogP contribution is 2.17. The molecule has 0 heterocycles. The molecule has 0 aromatic carbocycles. The van der Waals surface area contributed by atoms with Gasteiger partial charge in [0.15, 0.2) is 0 Å². The smallest absolute Gasteiger partial charge is 0.306 e. The molecule has 0 rings (SSSR count). The maximum Gasteiger partial charge on any atom is 0.306 e. The predicted molar refractivity (Wildman–Crippen MR) is 259 cm³/mol. The van der Waals surface area contributed by atoms with E-state index < -0.39 is 18.2 Å². The maximum atomic E-state index is 13.2. The van der Waals surface area contributed by atoms with Crippen molar-refractivity contribution in [3.63, 3.8) is 0 Å². The topological polar surface area (TPSA) is 95.9 Å². The predicted octanol–water partition coefficient (Wildman–Crippen LogP) is 15.0. The molecule has 3 unspecified atom stereocenters. The van der Waals surface area contributed by atoms with Crippen molar-refractivity contribution < 1.29 is 24.5 Å². The third-order valence-electron chi connectivity index (χ3n) is 11.1. The van der Waals surface area contributed by atoms with Gasteiger partial charge in [0.2, 0.25) is 5.91 Å². The molecule has 60 heavy (non-hydrogen) atoms. The van der Waals surface area contributed by atoms with Gasteiger partial charge in [-0.1, -0.05) is 222 Å². The highest BCUT2D eigenvalue weighted by Gasteiger charge is 2.24. The van der Waals surface area contributed by atoms with Crippen LogP contribution in [0.2, 0.25) is 0 Å². The summed E-state index contributed by atoms with van der Waals surface area (Å²) >= 11 is 0. The Morgan fingerprint density at radius 3 is 1.43 bits per heavy atom. The van der Waals surface area contributed by atoms with Gasteiger partial charge in [-0.05, 0) is 70.6 Å². The summed E-state index contributed by atoms with van der Waals surface area (Å²) in [7, 11) is 0. The molecule has 0 aliphatic heterocycles. The first-order valence-corrected chi connectivity index (χ1v) is 25.2. The lowest BCUT2D eigenvalue weighted by molar-refractivity contribution is -0.151. The summed E-state index contributed by atoms with van der Waals surface area (Å²) in [6.45, 7) is 6.32. The van der Waals surface area contributed by atoms with E-state index in [0.717, 1.165) is 83.5 Å². The van der Waals surface area contributed by atoms with Crippen LogP contribution < -0.4 is 5.32 Å². The summed E-state index contributed by atoms with van der Waals surface area (Å²) in [4.78, 5) is 26.1. The Morgan fingerprint density at radius 2 is 0.917 bits per heavy atom. The van der Waals surface area contributed by atoms with Gasteiger partial charge in [-0.2, -0.15) is 0 Å². The van der Waals surface area contributed by atoms with Crippen molar-refractivity contribution >= 4 is 11.9 Å². The maximum absolute atomic E-state index is 13.2. The molecule has 3 atom stereocenters. The number of aliphatic hydroxyl groups excluding tert-OH is 2. The molecule has 346 valence electrons. The number of allylic oxidation sites excluding steroid dienone is 12. The highest BCUT2D eigenvalue weighted by molar-refractivity contribution is 5.77. The molecule has 1 amide bonds. The van der Waals surface area contributed by atoms with Gasteiger partial charge in [-0.15, -0.1) is 0 Å². The molecule has 0 saturated heterocycles. The van der Waals surface area contributed by atoms with Gasteiger partial charge in [-0.25, -0.2) is 0 Å². The van der Waals surface area contributed by atoms with Crippen molar-refractivity contribution in [3.05, 3.63) is 72.9 Å². The largest absolute Gasteiger partial charge is 0.462 e. The minimum Gasteiger partial charge on any atom is -0.462 e. The molecule has 3 N–H and O–H groups in total. The van der Waals surface area contributed by atoms with E-state index in [2.05, 4.69) is 56.5 Å². The van der Waals surface area contributed by atoms with Gasteiger partial charge in [0.25, 0.3) is 0 Å². The van der Waals surface area contributed by atoms with Crippen LogP contribution in [0.15, 0.2) is 72.9 Å². The fourth-order valence-electron chi connectivity index (χ4n) is 7.33. The Hall–Kier alpha value is -2.70. The van der Waals surface area contributed by atoms with Gasteiger partial charge in [-0.3, -0.25) is 9.59 Å². The lowest BCUT2D eigenvalue weighted by Crippen LogP contribution is -2.46. The summed E-state index contributed by atoms with van der Waals surface area (Å²) in [5.74, 6) is -0.540. The molecule has 0 aliphatic rings. The van der Waals surface area contributed by atoms with E-state index >= 15 is 0 Å². The molecule has 0 spiro atoms. The van der Waals surface area contributed by atoms with Gasteiger partial charge in [0.05, 0.1) is 25.2 Å². The Balaban J connectivity index is 4.70. The van der Waals surface area contributed by atoms with Crippen molar-refractivity contribution in [2.45, 2.75) is 251 Å². The number of carbonyl (C=O) groups excluding carboxylic acids is 2. The van der Waals surface area contributed by atoms with Gasteiger partial charge in [0, 0.05) is 6.42 Å². The number of rotatable bonds is 44. The second-order valence-corrected chi connectivity index (χ2v) is 17.0. The fourth-order valence-corrected chi connectivity index (χ4v) is 7.33. The number of esters is 1. The molecule has 6 nitrogen and oxygen atoms in total. The van der Waals surface area contributed by atoms with Crippen LogP contribution in [0.25, 0.3) is 0 Å². The summed E-state index contributed by atoms with van der Waals surface area (Å²) in [5.41, 5.74) is 0. The Bertz CT molecular complexity index is 1120. The molecule has 6 heteroatoms. The van der Waals surface area contributed by atoms with Crippen LogP contribution in [-0.4, -0.2) is 46.9 Å². The SMILES string of the molecule is CC/C=C/C=C/C=C\C=C/C=C/CCCCCC(=O)OC(CCCCC/C=C/CCCCCCCCC)CC(=O)NC(CO)C(O)CCCCCCCCCCCCCC. The normalized spacial score (nSPS) is 13.9. The van der Waals surface area contributed by atoms with Crippen molar-refractivity contribution in [2.24, 2.45) is 0 Å². The summed E-state index contributed by atoms with van der Waals surface area (Å²) in [6.07, 6.45) is 59.5. The summed E-state index contributed by atoms with van der Waals surface area (Å²) in [5, 5.41) is 23.7. The van der Waals surface area contributed by atoms with Crippen molar-refractivity contribution in [1.29, 1.82) is 0 Å². The zero-order valence-corrected chi connectivity index (χ0v) is 39.3. The van der Waals surface area contributed by atoms with Crippen molar-refractivity contribution in [2.75, 3.05) is 6.61 Å². The van der Waals surface area contributed by atoms with Gasteiger partial charge >= 0.3 is 5.97 Å². The quantitative estimate of drug-likeness (QED) is 0.0246. The van der Waals surface area contributed by atoms with Crippen LogP contribution >= 0.6 is 0 Å². The number of ether oxygens (including phenoxy) is 1. The molecule has 0 saturated carbocycles. The average Bonchev–Trinajstić information content (AvgIpc) is 3.24. The van der Waals surface area contributed by atoms with E-state index in [1.54, 1.807) is 0 Å².